The van der Waals surface area contributed by atoms with Crippen LogP contribution in [0.3, 0.4) is 0 Å². The van der Waals surface area contributed by atoms with E-state index in [0.717, 1.165) is 25.8 Å². The maximum absolute atomic E-state index is 12.2. The summed E-state index contributed by atoms with van der Waals surface area (Å²) in [7, 11) is 1.66. The molecule has 0 aromatic carbocycles. The average molecular weight is 209 g/mol. The number of aryl methyl sites for hydroxylation is 1. The van der Waals surface area contributed by atoms with Crippen molar-refractivity contribution in [3.05, 3.63) is 5.82 Å². The summed E-state index contributed by atoms with van der Waals surface area (Å²) >= 11 is 0. The van der Waals surface area contributed by atoms with E-state index in [0.29, 0.717) is 0 Å². The number of ketones is 1. The summed E-state index contributed by atoms with van der Waals surface area (Å²) in [6.45, 7) is 2.90. The summed E-state index contributed by atoms with van der Waals surface area (Å²) < 4.78 is 0. The molecule has 6 heteroatoms. The standard InChI is InChI=1S/C9H15N5O/c1-3-9(5-4-6-10-9)7(15)8-11-13-14(2)12-8/h10H,3-6H2,1-2H3. The van der Waals surface area contributed by atoms with Crippen LogP contribution in [0.5, 0.6) is 0 Å². The van der Waals surface area contributed by atoms with Gasteiger partial charge in [0.25, 0.3) is 0 Å². The molecule has 1 fully saturated rings. The minimum Gasteiger partial charge on any atom is -0.305 e. The highest BCUT2D eigenvalue weighted by molar-refractivity contribution is 6.00. The Bertz CT molecular complexity index is 366. The zero-order valence-corrected chi connectivity index (χ0v) is 9.03. The molecule has 0 spiro atoms. The third-order valence-electron chi connectivity index (χ3n) is 2.99. The van der Waals surface area contributed by atoms with Gasteiger partial charge in [0.2, 0.25) is 11.6 Å². The second-order valence-corrected chi connectivity index (χ2v) is 3.90. The first-order chi connectivity index (χ1) is 7.18. The lowest BCUT2D eigenvalue weighted by atomic mass is 9.89. The molecule has 1 atom stereocenters. The third-order valence-corrected chi connectivity index (χ3v) is 2.99. The van der Waals surface area contributed by atoms with Gasteiger partial charge in [0.15, 0.2) is 0 Å². The molecule has 1 aromatic heterocycles. The summed E-state index contributed by atoms with van der Waals surface area (Å²) in [6.07, 6.45) is 2.66. The van der Waals surface area contributed by atoms with Gasteiger partial charge in [-0.1, -0.05) is 6.92 Å². The van der Waals surface area contributed by atoms with Gasteiger partial charge >= 0.3 is 0 Å². The van der Waals surface area contributed by atoms with Crippen molar-refractivity contribution in [3.63, 3.8) is 0 Å². The number of aromatic nitrogens is 4. The molecule has 0 saturated carbocycles. The number of rotatable bonds is 3. The van der Waals surface area contributed by atoms with Gasteiger partial charge in [0, 0.05) is 0 Å². The van der Waals surface area contributed by atoms with Crippen LogP contribution in [0.2, 0.25) is 0 Å². The van der Waals surface area contributed by atoms with Crippen molar-refractivity contribution in [2.45, 2.75) is 31.7 Å². The van der Waals surface area contributed by atoms with Gasteiger partial charge in [-0.2, -0.15) is 4.80 Å². The average Bonchev–Trinajstić information content (AvgIpc) is 2.86. The van der Waals surface area contributed by atoms with E-state index in [-0.39, 0.29) is 11.6 Å². The number of hydrogen-bond donors (Lipinski definition) is 1. The van der Waals surface area contributed by atoms with Crippen LogP contribution in [-0.2, 0) is 7.05 Å². The van der Waals surface area contributed by atoms with Crippen LogP contribution < -0.4 is 5.32 Å². The van der Waals surface area contributed by atoms with Crippen LogP contribution >= 0.6 is 0 Å². The molecule has 2 heterocycles. The van der Waals surface area contributed by atoms with E-state index >= 15 is 0 Å². The molecule has 6 nitrogen and oxygen atoms in total. The first-order valence-corrected chi connectivity index (χ1v) is 5.22. The van der Waals surface area contributed by atoms with Crippen LogP contribution in [0.25, 0.3) is 0 Å². The van der Waals surface area contributed by atoms with E-state index in [1.807, 2.05) is 6.92 Å². The molecular weight excluding hydrogens is 194 g/mol. The summed E-state index contributed by atoms with van der Waals surface area (Å²) in [6, 6.07) is 0. The Kier molecular flexibility index (Phi) is 2.52. The highest BCUT2D eigenvalue weighted by atomic mass is 16.1. The molecule has 1 aromatic rings. The predicted molar refractivity (Wildman–Crippen MR) is 53.4 cm³/mol. The van der Waals surface area contributed by atoms with Crippen molar-refractivity contribution in [3.8, 4) is 0 Å². The van der Waals surface area contributed by atoms with E-state index in [2.05, 4.69) is 20.7 Å². The molecule has 82 valence electrons. The quantitative estimate of drug-likeness (QED) is 0.705. The number of tetrazole rings is 1. The zero-order valence-electron chi connectivity index (χ0n) is 9.03. The van der Waals surface area contributed by atoms with Crippen LogP contribution in [0.4, 0.5) is 0 Å². The largest absolute Gasteiger partial charge is 0.305 e. The summed E-state index contributed by atoms with van der Waals surface area (Å²) in [5, 5.41) is 14.7. The number of nitrogens with one attached hydrogen (secondary N) is 1. The first-order valence-electron chi connectivity index (χ1n) is 5.22. The van der Waals surface area contributed by atoms with Crippen LogP contribution in [-0.4, -0.2) is 38.1 Å². The second kappa shape index (κ2) is 3.69. The second-order valence-electron chi connectivity index (χ2n) is 3.90. The Morgan fingerprint density at radius 2 is 2.47 bits per heavy atom. The fraction of sp³-hybridized carbons (Fsp3) is 0.778. The minimum absolute atomic E-state index is 0.0319. The fourth-order valence-electron chi connectivity index (χ4n) is 2.05. The van der Waals surface area contributed by atoms with Gasteiger partial charge in [-0.3, -0.25) is 4.79 Å². The van der Waals surface area contributed by atoms with Crippen LogP contribution in [0, 0.1) is 0 Å². The van der Waals surface area contributed by atoms with Crippen molar-refractivity contribution in [2.24, 2.45) is 7.05 Å². The van der Waals surface area contributed by atoms with Gasteiger partial charge in [-0.25, -0.2) is 0 Å². The van der Waals surface area contributed by atoms with E-state index in [1.165, 1.54) is 4.80 Å². The molecule has 0 bridgehead atoms. The lowest BCUT2D eigenvalue weighted by molar-refractivity contribution is 0.0852. The smallest absolute Gasteiger partial charge is 0.242 e. The molecule has 15 heavy (non-hydrogen) atoms. The molecule has 0 radical (unpaired) electrons. The Hall–Kier alpha value is -1.30. The highest BCUT2D eigenvalue weighted by Gasteiger charge is 2.41. The SMILES string of the molecule is CCC1(C(=O)c2nnn(C)n2)CCCN1. The van der Waals surface area contributed by atoms with E-state index < -0.39 is 5.54 Å². The molecular formula is C9H15N5O. The van der Waals surface area contributed by atoms with Crippen molar-refractivity contribution in [1.82, 2.24) is 25.5 Å². The number of Topliss-reactive ketones (excluding diaryl/α,β-unsaturated/α-hetero) is 1. The van der Waals surface area contributed by atoms with E-state index in [4.69, 9.17) is 0 Å². The zero-order chi connectivity index (χ0) is 10.9. The number of nitrogens with zero attached hydrogens (tertiary/aromatic N) is 4. The Labute approximate surface area is 88.0 Å². The monoisotopic (exact) mass is 209 g/mol. The summed E-state index contributed by atoms with van der Waals surface area (Å²) in [5.74, 6) is 0.185. The molecule has 1 aliphatic heterocycles. The molecule has 0 aliphatic carbocycles. The van der Waals surface area contributed by atoms with Gasteiger partial charge in [0.05, 0.1) is 12.6 Å². The van der Waals surface area contributed by atoms with Crippen LogP contribution in [0.1, 0.15) is 36.8 Å². The third kappa shape index (κ3) is 1.65. The fourth-order valence-corrected chi connectivity index (χ4v) is 2.05. The van der Waals surface area contributed by atoms with Crippen molar-refractivity contribution in [2.75, 3.05) is 6.54 Å². The normalized spacial score (nSPS) is 25.7. The van der Waals surface area contributed by atoms with Crippen molar-refractivity contribution in [1.29, 1.82) is 0 Å². The van der Waals surface area contributed by atoms with Gasteiger partial charge in [0.1, 0.15) is 0 Å². The highest BCUT2D eigenvalue weighted by Crippen LogP contribution is 2.25. The van der Waals surface area contributed by atoms with Gasteiger partial charge < -0.3 is 5.32 Å². The Balaban J connectivity index is 2.26. The lowest BCUT2D eigenvalue weighted by Crippen LogP contribution is -2.47. The van der Waals surface area contributed by atoms with E-state index in [1.54, 1.807) is 7.05 Å². The maximum Gasteiger partial charge on any atom is 0.242 e. The molecule has 1 saturated heterocycles. The molecule has 0 amide bonds. The summed E-state index contributed by atoms with van der Waals surface area (Å²) in [5.41, 5.74) is -0.455. The van der Waals surface area contributed by atoms with Gasteiger partial charge in [-0.15, -0.1) is 10.2 Å². The first kappa shape index (κ1) is 10.2. The minimum atomic E-state index is -0.455. The Morgan fingerprint density at radius 3 is 2.93 bits per heavy atom. The molecule has 1 N–H and O–H groups in total. The predicted octanol–water partition coefficient (Wildman–Crippen LogP) is -0.0750. The number of carbonyl (C=O) groups is 1. The Morgan fingerprint density at radius 1 is 1.67 bits per heavy atom. The maximum atomic E-state index is 12.2. The number of carbonyl (C=O) groups excluding carboxylic acids is 1. The van der Waals surface area contributed by atoms with Crippen molar-refractivity contribution < 1.29 is 4.79 Å². The van der Waals surface area contributed by atoms with Crippen LogP contribution in [0.15, 0.2) is 0 Å². The molecule has 1 aliphatic rings. The summed E-state index contributed by atoms with van der Waals surface area (Å²) in [4.78, 5) is 13.5. The molecule has 2 rings (SSSR count). The van der Waals surface area contributed by atoms with Gasteiger partial charge in [-0.05, 0) is 31.0 Å². The molecule has 1 unspecified atom stereocenters. The number of hydrogen-bond acceptors (Lipinski definition) is 5. The lowest BCUT2D eigenvalue weighted by Gasteiger charge is -2.24. The topological polar surface area (TPSA) is 72.7 Å². The van der Waals surface area contributed by atoms with E-state index in [9.17, 15) is 4.79 Å². The van der Waals surface area contributed by atoms with Crippen molar-refractivity contribution >= 4 is 5.78 Å².